The van der Waals surface area contributed by atoms with Gasteiger partial charge in [0.2, 0.25) is 11.9 Å². The summed E-state index contributed by atoms with van der Waals surface area (Å²) in [5.74, 6) is 2.68. The highest BCUT2D eigenvalue weighted by atomic mass is 16.5. The highest BCUT2D eigenvalue weighted by molar-refractivity contribution is 5.39. The van der Waals surface area contributed by atoms with Crippen molar-refractivity contribution in [3.63, 3.8) is 0 Å². The fourth-order valence-electron chi connectivity index (χ4n) is 3.54. The monoisotopic (exact) mass is 425 g/mol. The first-order valence-electron chi connectivity index (χ1n) is 11.0. The third-order valence-electron chi connectivity index (χ3n) is 5.44. The Kier molecular flexibility index (Phi) is 10.7. The zero-order chi connectivity index (χ0) is 21.9. The van der Waals surface area contributed by atoms with Gasteiger partial charge in [0.05, 0.1) is 0 Å². The number of anilines is 2. The summed E-state index contributed by atoms with van der Waals surface area (Å²) in [6.45, 7) is 7.58. The Balaban J connectivity index is 2.35. The SMILES string of the molecule is CCCCOCN(COC)c1nc(C2CCC(C)CC2)nc(N(COC)C(C)O)n1. The van der Waals surface area contributed by atoms with Crippen molar-refractivity contribution in [2.24, 2.45) is 5.92 Å². The lowest BCUT2D eigenvalue weighted by molar-refractivity contribution is 0.101. The summed E-state index contributed by atoms with van der Waals surface area (Å²) in [7, 11) is 3.22. The van der Waals surface area contributed by atoms with Gasteiger partial charge >= 0.3 is 0 Å². The molecule has 0 aromatic carbocycles. The smallest absolute Gasteiger partial charge is 0.234 e. The van der Waals surface area contributed by atoms with Gasteiger partial charge in [-0.3, -0.25) is 9.80 Å². The number of unbranched alkanes of at least 4 members (excludes halogenated alkanes) is 1. The summed E-state index contributed by atoms with van der Waals surface area (Å²) >= 11 is 0. The summed E-state index contributed by atoms with van der Waals surface area (Å²) in [4.78, 5) is 17.6. The number of methoxy groups -OCH3 is 2. The van der Waals surface area contributed by atoms with Gasteiger partial charge in [0, 0.05) is 26.7 Å². The van der Waals surface area contributed by atoms with Crippen molar-refractivity contribution in [3.8, 4) is 0 Å². The van der Waals surface area contributed by atoms with E-state index in [0.717, 1.165) is 37.4 Å². The molecule has 1 aromatic heterocycles. The highest BCUT2D eigenvalue weighted by Gasteiger charge is 2.26. The van der Waals surface area contributed by atoms with Crippen LogP contribution >= 0.6 is 0 Å². The van der Waals surface area contributed by atoms with Crippen LogP contribution in [0.2, 0.25) is 0 Å². The lowest BCUT2D eigenvalue weighted by Gasteiger charge is -2.29. The van der Waals surface area contributed by atoms with Crippen LogP contribution in [0.25, 0.3) is 0 Å². The van der Waals surface area contributed by atoms with Crippen LogP contribution < -0.4 is 9.80 Å². The van der Waals surface area contributed by atoms with Crippen molar-refractivity contribution >= 4 is 11.9 Å². The summed E-state index contributed by atoms with van der Waals surface area (Å²) in [5.41, 5.74) is 0. The number of aliphatic hydroxyl groups is 1. The number of hydrogen-bond acceptors (Lipinski definition) is 9. The maximum Gasteiger partial charge on any atom is 0.234 e. The molecule has 1 heterocycles. The number of nitrogens with zero attached hydrogens (tertiary/aromatic N) is 5. The molecule has 0 saturated heterocycles. The Morgan fingerprint density at radius 3 is 2.27 bits per heavy atom. The predicted molar refractivity (Wildman–Crippen MR) is 116 cm³/mol. The topological polar surface area (TPSA) is 93.1 Å². The van der Waals surface area contributed by atoms with Gasteiger partial charge in [0.25, 0.3) is 0 Å². The van der Waals surface area contributed by atoms with Crippen molar-refractivity contribution < 1.29 is 19.3 Å². The zero-order valence-corrected chi connectivity index (χ0v) is 19.2. The minimum Gasteiger partial charge on any atom is -0.374 e. The van der Waals surface area contributed by atoms with Gasteiger partial charge in [0.1, 0.15) is 32.2 Å². The molecule has 1 aliphatic rings. The molecule has 1 fully saturated rings. The van der Waals surface area contributed by atoms with E-state index in [1.165, 1.54) is 12.8 Å². The normalized spacial score (nSPS) is 20.2. The molecular formula is C21H39N5O4. The Bertz CT molecular complexity index is 611. The van der Waals surface area contributed by atoms with Crippen molar-refractivity contribution in [2.75, 3.05) is 50.8 Å². The maximum atomic E-state index is 10.2. The van der Waals surface area contributed by atoms with E-state index in [0.29, 0.717) is 32.0 Å². The van der Waals surface area contributed by atoms with E-state index in [-0.39, 0.29) is 12.6 Å². The van der Waals surface area contributed by atoms with Gasteiger partial charge in [-0.2, -0.15) is 15.0 Å². The van der Waals surface area contributed by atoms with E-state index in [1.54, 1.807) is 26.0 Å². The summed E-state index contributed by atoms with van der Waals surface area (Å²) in [6.07, 6.45) is 5.72. The second-order valence-corrected chi connectivity index (χ2v) is 8.12. The van der Waals surface area contributed by atoms with E-state index in [1.807, 2.05) is 4.90 Å². The van der Waals surface area contributed by atoms with Gasteiger partial charge in [-0.25, -0.2) is 0 Å². The molecule has 0 radical (unpaired) electrons. The van der Waals surface area contributed by atoms with E-state index < -0.39 is 6.23 Å². The van der Waals surface area contributed by atoms with Crippen molar-refractivity contribution in [2.45, 2.75) is 71.4 Å². The minimum atomic E-state index is -0.795. The predicted octanol–water partition coefficient (Wildman–Crippen LogP) is 3.10. The quantitative estimate of drug-likeness (QED) is 0.378. The van der Waals surface area contributed by atoms with Gasteiger partial charge in [0.15, 0.2) is 0 Å². The first kappa shape index (κ1) is 24.7. The number of aromatic nitrogens is 3. The van der Waals surface area contributed by atoms with E-state index in [2.05, 4.69) is 18.8 Å². The first-order valence-corrected chi connectivity index (χ1v) is 11.0. The molecule has 1 atom stereocenters. The molecule has 1 unspecified atom stereocenters. The minimum absolute atomic E-state index is 0.180. The molecule has 0 amide bonds. The molecule has 1 N–H and O–H groups in total. The lowest BCUT2D eigenvalue weighted by Crippen LogP contribution is -2.38. The number of aliphatic hydroxyl groups excluding tert-OH is 1. The lowest BCUT2D eigenvalue weighted by atomic mass is 9.82. The Morgan fingerprint density at radius 1 is 1.00 bits per heavy atom. The van der Waals surface area contributed by atoms with Gasteiger partial charge in [-0.1, -0.05) is 33.1 Å². The van der Waals surface area contributed by atoms with E-state index in [9.17, 15) is 5.11 Å². The van der Waals surface area contributed by atoms with Crippen LogP contribution in [0.3, 0.4) is 0 Å². The van der Waals surface area contributed by atoms with Gasteiger partial charge in [-0.15, -0.1) is 0 Å². The van der Waals surface area contributed by atoms with Crippen molar-refractivity contribution in [3.05, 3.63) is 5.82 Å². The fourth-order valence-corrected chi connectivity index (χ4v) is 3.54. The maximum absolute atomic E-state index is 10.2. The summed E-state index contributed by atoms with van der Waals surface area (Å²) in [5, 5.41) is 10.2. The largest absolute Gasteiger partial charge is 0.374 e. The van der Waals surface area contributed by atoms with Crippen LogP contribution in [0.15, 0.2) is 0 Å². The summed E-state index contributed by atoms with van der Waals surface area (Å²) in [6, 6.07) is 0. The standard InChI is InChI=1S/C21H39N5O4/c1-6-7-12-30-14-25(13-28-4)20-22-19(18-10-8-16(2)9-11-18)23-21(24-20)26(15-29-5)17(3)27/h16-18,27H,6-15H2,1-5H3. The average Bonchev–Trinajstić information content (AvgIpc) is 2.74. The van der Waals surface area contributed by atoms with Crippen LogP contribution in [-0.4, -0.2) is 67.3 Å². The number of hydrogen-bond donors (Lipinski definition) is 1. The van der Waals surface area contributed by atoms with E-state index >= 15 is 0 Å². The van der Waals surface area contributed by atoms with Crippen LogP contribution in [0.1, 0.15) is 71.0 Å². The molecule has 0 bridgehead atoms. The molecule has 1 aliphatic carbocycles. The summed E-state index contributed by atoms with van der Waals surface area (Å²) < 4.78 is 16.4. The van der Waals surface area contributed by atoms with Crippen LogP contribution in [0, 0.1) is 5.92 Å². The average molecular weight is 426 g/mol. The van der Waals surface area contributed by atoms with E-state index in [4.69, 9.17) is 24.2 Å². The molecule has 30 heavy (non-hydrogen) atoms. The fraction of sp³-hybridized carbons (Fsp3) is 0.857. The Hall–Kier alpha value is -1.55. The van der Waals surface area contributed by atoms with Crippen LogP contribution in [-0.2, 0) is 14.2 Å². The molecule has 1 aromatic rings. The van der Waals surface area contributed by atoms with Crippen molar-refractivity contribution in [1.82, 2.24) is 15.0 Å². The molecule has 0 aliphatic heterocycles. The molecule has 2 rings (SSSR count). The Morgan fingerprint density at radius 2 is 1.67 bits per heavy atom. The molecule has 1 saturated carbocycles. The molecule has 9 nitrogen and oxygen atoms in total. The second-order valence-electron chi connectivity index (χ2n) is 8.12. The van der Waals surface area contributed by atoms with Gasteiger partial charge in [-0.05, 0) is 32.1 Å². The van der Waals surface area contributed by atoms with Crippen LogP contribution in [0.4, 0.5) is 11.9 Å². The number of rotatable bonds is 13. The molecule has 0 spiro atoms. The number of ether oxygens (including phenoxy) is 3. The Labute approximate surface area is 180 Å². The van der Waals surface area contributed by atoms with Crippen LogP contribution in [0.5, 0.6) is 0 Å². The third kappa shape index (κ3) is 7.30. The van der Waals surface area contributed by atoms with Crippen molar-refractivity contribution in [1.29, 1.82) is 0 Å². The zero-order valence-electron chi connectivity index (χ0n) is 19.2. The molecule has 9 heteroatoms. The molecule has 172 valence electrons. The second kappa shape index (κ2) is 13.0. The molecular weight excluding hydrogens is 386 g/mol. The first-order chi connectivity index (χ1) is 14.5. The highest BCUT2D eigenvalue weighted by Crippen LogP contribution is 2.35. The van der Waals surface area contributed by atoms with Gasteiger partial charge < -0.3 is 19.3 Å². The third-order valence-corrected chi connectivity index (χ3v) is 5.44.